The van der Waals surface area contributed by atoms with Crippen LogP contribution in [0.3, 0.4) is 0 Å². The Morgan fingerprint density at radius 3 is 2.44 bits per heavy atom. The standard InChI is InChI=1S/C11H16N2O4S/c1-6-9(11(14)15)10(13-7(2)12-6)18-5-8(16-3)17-4/h8H,5H2,1-4H3,(H,14,15). The minimum atomic E-state index is -1.03. The van der Waals surface area contributed by atoms with E-state index in [9.17, 15) is 4.79 Å². The summed E-state index contributed by atoms with van der Waals surface area (Å²) in [7, 11) is 3.06. The molecule has 0 saturated heterocycles. The van der Waals surface area contributed by atoms with Gasteiger partial charge in [0.15, 0.2) is 6.29 Å². The van der Waals surface area contributed by atoms with Gasteiger partial charge in [0.2, 0.25) is 0 Å². The van der Waals surface area contributed by atoms with E-state index >= 15 is 0 Å². The molecule has 0 aliphatic carbocycles. The summed E-state index contributed by atoms with van der Waals surface area (Å²) in [6.07, 6.45) is -0.396. The number of hydrogen-bond donors (Lipinski definition) is 1. The molecule has 6 nitrogen and oxygen atoms in total. The van der Waals surface area contributed by atoms with Gasteiger partial charge in [-0.25, -0.2) is 14.8 Å². The van der Waals surface area contributed by atoms with Crippen LogP contribution in [-0.2, 0) is 9.47 Å². The van der Waals surface area contributed by atoms with Gasteiger partial charge < -0.3 is 14.6 Å². The molecule has 0 aliphatic heterocycles. The Morgan fingerprint density at radius 1 is 1.33 bits per heavy atom. The van der Waals surface area contributed by atoms with Crippen molar-refractivity contribution in [3.63, 3.8) is 0 Å². The Balaban J connectivity index is 2.96. The lowest BCUT2D eigenvalue weighted by Crippen LogP contribution is -2.17. The topological polar surface area (TPSA) is 81.5 Å². The van der Waals surface area contributed by atoms with Crippen molar-refractivity contribution >= 4 is 17.7 Å². The lowest BCUT2D eigenvalue weighted by Gasteiger charge is -2.13. The van der Waals surface area contributed by atoms with Crippen molar-refractivity contribution < 1.29 is 19.4 Å². The Morgan fingerprint density at radius 2 is 1.94 bits per heavy atom. The van der Waals surface area contributed by atoms with Crippen LogP contribution in [0.4, 0.5) is 0 Å². The van der Waals surface area contributed by atoms with Crippen molar-refractivity contribution in [2.24, 2.45) is 0 Å². The maximum absolute atomic E-state index is 11.2. The molecule has 0 aromatic carbocycles. The van der Waals surface area contributed by atoms with Gasteiger partial charge in [0.1, 0.15) is 16.4 Å². The molecule has 1 N–H and O–H groups in total. The number of thioether (sulfide) groups is 1. The molecular weight excluding hydrogens is 256 g/mol. The number of aromatic carboxylic acids is 1. The summed E-state index contributed by atoms with van der Waals surface area (Å²) in [4.78, 5) is 19.4. The second-order valence-electron chi connectivity index (χ2n) is 3.55. The van der Waals surface area contributed by atoms with Crippen LogP contribution in [0.15, 0.2) is 5.03 Å². The first-order valence-corrected chi connectivity index (χ1v) is 6.25. The van der Waals surface area contributed by atoms with Crippen LogP contribution in [0.5, 0.6) is 0 Å². The van der Waals surface area contributed by atoms with Crippen LogP contribution < -0.4 is 0 Å². The molecule has 100 valence electrons. The number of aryl methyl sites for hydroxylation is 2. The van der Waals surface area contributed by atoms with Gasteiger partial charge >= 0.3 is 5.97 Å². The molecule has 0 atom stereocenters. The molecule has 0 bridgehead atoms. The average Bonchev–Trinajstić information content (AvgIpc) is 2.28. The quantitative estimate of drug-likeness (QED) is 0.477. The fourth-order valence-corrected chi connectivity index (χ4v) is 2.55. The molecule has 0 saturated carbocycles. The van der Waals surface area contributed by atoms with Crippen molar-refractivity contribution in [2.75, 3.05) is 20.0 Å². The third-order valence-electron chi connectivity index (χ3n) is 2.26. The van der Waals surface area contributed by atoms with E-state index in [4.69, 9.17) is 14.6 Å². The zero-order valence-corrected chi connectivity index (χ0v) is 11.6. The molecule has 0 fully saturated rings. The molecule has 1 rings (SSSR count). The molecule has 1 aromatic rings. The van der Waals surface area contributed by atoms with Crippen LogP contribution in [-0.4, -0.2) is 47.3 Å². The predicted molar refractivity (Wildman–Crippen MR) is 67.0 cm³/mol. The van der Waals surface area contributed by atoms with Crippen molar-refractivity contribution in [1.82, 2.24) is 9.97 Å². The van der Waals surface area contributed by atoms with Crippen LogP contribution in [0.25, 0.3) is 0 Å². The van der Waals surface area contributed by atoms with E-state index in [1.807, 2.05) is 0 Å². The predicted octanol–water partition coefficient (Wildman–Crippen LogP) is 1.50. The molecule has 0 radical (unpaired) electrons. The number of methoxy groups -OCH3 is 2. The molecule has 0 unspecified atom stereocenters. The second-order valence-corrected chi connectivity index (χ2v) is 4.56. The average molecular weight is 272 g/mol. The fraction of sp³-hybridized carbons (Fsp3) is 0.545. The zero-order valence-electron chi connectivity index (χ0n) is 10.8. The first-order valence-electron chi connectivity index (χ1n) is 5.26. The first kappa shape index (κ1) is 14.9. The second kappa shape index (κ2) is 6.67. The highest BCUT2D eigenvalue weighted by molar-refractivity contribution is 7.99. The smallest absolute Gasteiger partial charge is 0.340 e. The summed E-state index contributed by atoms with van der Waals surface area (Å²) in [5.74, 6) is -0.0174. The molecular formula is C11H16N2O4S. The highest BCUT2D eigenvalue weighted by Crippen LogP contribution is 2.24. The fourth-order valence-electron chi connectivity index (χ4n) is 1.41. The van der Waals surface area contributed by atoms with E-state index in [-0.39, 0.29) is 5.56 Å². The molecule has 1 aromatic heterocycles. The molecule has 0 spiro atoms. The molecule has 1 heterocycles. The third kappa shape index (κ3) is 3.66. The van der Waals surface area contributed by atoms with Crippen LogP contribution in [0.1, 0.15) is 21.9 Å². The van der Waals surface area contributed by atoms with E-state index in [0.29, 0.717) is 22.3 Å². The molecule has 18 heavy (non-hydrogen) atoms. The van der Waals surface area contributed by atoms with Crippen LogP contribution in [0, 0.1) is 13.8 Å². The zero-order chi connectivity index (χ0) is 13.7. The Hall–Kier alpha value is -1.18. The van der Waals surface area contributed by atoms with Crippen molar-refractivity contribution in [3.8, 4) is 0 Å². The third-order valence-corrected chi connectivity index (χ3v) is 3.27. The number of nitrogens with zero attached hydrogens (tertiary/aromatic N) is 2. The highest BCUT2D eigenvalue weighted by Gasteiger charge is 2.18. The number of ether oxygens (including phenoxy) is 2. The number of carbonyl (C=O) groups is 1. The SMILES string of the molecule is COC(CSc1nc(C)nc(C)c1C(=O)O)OC. The highest BCUT2D eigenvalue weighted by atomic mass is 32.2. The number of carboxylic acid groups (broad SMARTS) is 1. The van der Waals surface area contributed by atoms with Crippen LogP contribution >= 0.6 is 11.8 Å². The number of rotatable bonds is 6. The van der Waals surface area contributed by atoms with Gasteiger partial charge in [-0.1, -0.05) is 0 Å². The normalized spacial score (nSPS) is 10.9. The number of carboxylic acids is 1. The lowest BCUT2D eigenvalue weighted by molar-refractivity contribution is -0.0842. The van der Waals surface area contributed by atoms with E-state index in [2.05, 4.69) is 9.97 Å². The van der Waals surface area contributed by atoms with Gasteiger partial charge in [0, 0.05) is 14.2 Å². The summed E-state index contributed by atoms with van der Waals surface area (Å²) in [5.41, 5.74) is 0.598. The van der Waals surface area contributed by atoms with Gasteiger partial charge in [-0.2, -0.15) is 0 Å². The van der Waals surface area contributed by atoms with Gasteiger partial charge in [-0.3, -0.25) is 0 Å². The summed E-state index contributed by atoms with van der Waals surface area (Å²) < 4.78 is 10.1. The van der Waals surface area contributed by atoms with Gasteiger partial charge in [0.25, 0.3) is 0 Å². The molecule has 0 amide bonds. The van der Waals surface area contributed by atoms with E-state index in [1.165, 1.54) is 26.0 Å². The molecule has 7 heteroatoms. The summed E-state index contributed by atoms with van der Waals surface area (Å²) in [5, 5.41) is 9.60. The number of hydrogen-bond acceptors (Lipinski definition) is 6. The summed E-state index contributed by atoms with van der Waals surface area (Å²) >= 11 is 1.28. The molecule has 0 aliphatic rings. The minimum absolute atomic E-state index is 0.136. The Bertz CT molecular complexity index is 435. The lowest BCUT2D eigenvalue weighted by atomic mass is 10.2. The van der Waals surface area contributed by atoms with Gasteiger partial charge in [-0.15, -0.1) is 11.8 Å². The van der Waals surface area contributed by atoms with Gasteiger partial charge in [-0.05, 0) is 13.8 Å². The van der Waals surface area contributed by atoms with Crippen molar-refractivity contribution in [3.05, 3.63) is 17.1 Å². The van der Waals surface area contributed by atoms with Gasteiger partial charge in [0.05, 0.1) is 11.4 Å². The first-order chi connectivity index (χ1) is 8.49. The largest absolute Gasteiger partial charge is 0.478 e. The van der Waals surface area contributed by atoms with Crippen molar-refractivity contribution in [2.45, 2.75) is 25.2 Å². The summed E-state index contributed by atoms with van der Waals surface area (Å²) in [6.45, 7) is 3.39. The Labute approximate surface area is 110 Å². The monoisotopic (exact) mass is 272 g/mol. The van der Waals surface area contributed by atoms with E-state index < -0.39 is 12.3 Å². The maximum Gasteiger partial charge on any atom is 0.340 e. The number of aromatic nitrogens is 2. The van der Waals surface area contributed by atoms with Crippen LogP contribution in [0.2, 0.25) is 0 Å². The maximum atomic E-state index is 11.2. The minimum Gasteiger partial charge on any atom is -0.478 e. The Kier molecular flexibility index (Phi) is 5.52. The van der Waals surface area contributed by atoms with Crippen molar-refractivity contribution in [1.29, 1.82) is 0 Å². The van der Waals surface area contributed by atoms with E-state index in [0.717, 1.165) is 0 Å². The summed E-state index contributed by atoms with van der Waals surface area (Å²) in [6, 6.07) is 0. The van der Waals surface area contributed by atoms with E-state index in [1.54, 1.807) is 13.8 Å².